The summed E-state index contributed by atoms with van der Waals surface area (Å²) in [6, 6.07) is 0. The third-order valence-electron chi connectivity index (χ3n) is 3.27. The maximum atomic E-state index is 5.65. The lowest BCUT2D eigenvalue weighted by molar-refractivity contribution is -0.0261. The van der Waals surface area contributed by atoms with Crippen molar-refractivity contribution in [2.45, 2.75) is 38.8 Å². The van der Waals surface area contributed by atoms with Crippen LogP contribution in [0.4, 0.5) is 0 Å². The van der Waals surface area contributed by atoms with Crippen molar-refractivity contribution in [2.24, 2.45) is 5.73 Å². The molecule has 19 heavy (non-hydrogen) atoms. The summed E-state index contributed by atoms with van der Waals surface area (Å²) < 4.78 is 5.56. The van der Waals surface area contributed by atoms with Gasteiger partial charge < -0.3 is 10.5 Å². The molecule has 2 rings (SSSR count). The molecule has 1 aliphatic heterocycles. The average Bonchev–Trinajstić information content (AvgIpc) is 2.38. The van der Waals surface area contributed by atoms with Gasteiger partial charge in [-0.05, 0) is 0 Å². The van der Waals surface area contributed by atoms with Crippen LogP contribution in [0.15, 0.2) is 12.4 Å². The molecule has 0 radical (unpaired) electrons. The molecule has 1 fully saturated rings. The standard InChI is InChI=1S/C14H24N4O/c1-14(2,3)13-16-7-11(8-17-13)9-18-4-5-19-12(6-15)10-18/h7-8,12H,4-6,9-10,15H2,1-3H3/t12-/m0/s1. The van der Waals surface area contributed by atoms with Gasteiger partial charge in [-0.25, -0.2) is 9.97 Å². The molecular weight excluding hydrogens is 240 g/mol. The van der Waals surface area contributed by atoms with Gasteiger partial charge in [0.25, 0.3) is 0 Å². The van der Waals surface area contributed by atoms with Gasteiger partial charge in [-0.15, -0.1) is 0 Å². The van der Waals surface area contributed by atoms with Gasteiger partial charge in [0.2, 0.25) is 0 Å². The lowest BCUT2D eigenvalue weighted by atomic mass is 9.96. The summed E-state index contributed by atoms with van der Waals surface area (Å²) in [6.07, 6.45) is 4.02. The summed E-state index contributed by atoms with van der Waals surface area (Å²) in [4.78, 5) is 11.3. The van der Waals surface area contributed by atoms with E-state index in [-0.39, 0.29) is 11.5 Å². The third kappa shape index (κ3) is 3.96. The summed E-state index contributed by atoms with van der Waals surface area (Å²) in [5.74, 6) is 0.887. The summed E-state index contributed by atoms with van der Waals surface area (Å²) in [6.45, 7) is 10.4. The van der Waals surface area contributed by atoms with Crippen LogP contribution < -0.4 is 5.73 Å². The van der Waals surface area contributed by atoms with Gasteiger partial charge in [-0.2, -0.15) is 0 Å². The number of hydrogen-bond donors (Lipinski definition) is 1. The van der Waals surface area contributed by atoms with Gasteiger partial charge in [0, 0.05) is 49.6 Å². The molecule has 0 saturated carbocycles. The van der Waals surface area contributed by atoms with E-state index in [4.69, 9.17) is 10.5 Å². The second-order valence-electron chi connectivity index (χ2n) is 6.13. The quantitative estimate of drug-likeness (QED) is 0.880. The fourth-order valence-corrected chi connectivity index (χ4v) is 2.15. The lowest BCUT2D eigenvalue weighted by Crippen LogP contribution is -2.45. The number of rotatable bonds is 3. The molecule has 1 saturated heterocycles. The van der Waals surface area contributed by atoms with Crippen molar-refractivity contribution in [2.75, 3.05) is 26.2 Å². The van der Waals surface area contributed by atoms with Crippen LogP contribution in [0, 0.1) is 0 Å². The Labute approximate surface area is 115 Å². The Bertz CT molecular complexity index is 399. The molecule has 1 aliphatic rings. The van der Waals surface area contributed by atoms with Gasteiger partial charge in [0.1, 0.15) is 5.82 Å². The molecule has 0 unspecified atom stereocenters. The molecule has 5 nitrogen and oxygen atoms in total. The Morgan fingerprint density at radius 3 is 2.63 bits per heavy atom. The number of ether oxygens (including phenoxy) is 1. The number of hydrogen-bond acceptors (Lipinski definition) is 5. The van der Waals surface area contributed by atoms with Crippen molar-refractivity contribution >= 4 is 0 Å². The summed E-state index contributed by atoms with van der Waals surface area (Å²) in [5, 5.41) is 0. The first-order chi connectivity index (χ1) is 8.99. The van der Waals surface area contributed by atoms with Gasteiger partial charge in [-0.3, -0.25) is 4.90 Å². The normalized spacial score (nSPS) is 21.6. The van der Waals surface area contributed by atoms with Crippen LogP contribution in [0.25, 0.3) is 0 Å². The Morgan fingerprint density at radius 2 is 2.05 bits per heavy atom. The molecular formula is C14H24N4O. The molecule has 1 aromatic heterocycles. The summed E-state index contributed by atoms with van der Waals surface area (Å²) in [7, 11) is 0. The van der Waals surface area contributed by atoms with E-state index in [0.717, 1.165) is 37.6 Å². The van der Waals surface area contributed by atoms with E-state index in [1.807, 2.05) is 12.4 Å². The monoisotopic (exact) mass is 264 g/mol. The van der Waals surface area contributed by atoms with E-state index in [1.165, 1.54) is 0 Å². The lowest BCUT2D eigenvalue weighted by Gasteiger charge is -2.32. The van der Waals surface area contributed by atoms with Crippen molar-refractivity contribution in [1.29, 1.82) is 0 Å². The Hall–Kier alpha value is -1.04. The predicted molar refractivity (Wildman–Crippen MR) is 74.8 cm³/mol. The average molecular weight is 264 g/mol. The van der Waals surface area contributed by atoms with E-state index in [9.17, 15) is 0 Å². The van der Waals surface area contributed by atoms with E-state index in [2.05, 4.69) is 35.6 Å². The Kier molecular flexibility index (Phi) is 4.50. The minimum Gasteiger partial charge on any atom is -0.374 e. The highest BCUT2D eigenvalue weighted by molar-refractivity contribution is 5.09. The molecule has 2 N–H and O–H groups in total. The van der Waals surface area contributed by atoms with Crippen molar-refractivity contribution < 1.29 is 4.74 Å². The van der Waals surface area contributed by atoms with Crippen LogP contribution in [-0.4, -0.2) is 47.2 Å². The van der Waals surface area contributed by atoms with Crippen LogP contribution in [0.5, 0.6) is 0 Å². The smallest absolute Gasteiger partial charge is 0.133 e. The highest BCUT2D eigenvalue weighted by Crippen LogP contribution is 2.17. The molecule has 0 aromatic carbocycles. The maximum Gasteiger partial charge on any atom is 0.133 e. The van der Waals surface area contributed by atoms with Gasteiger partial charge >= 0.3 is 0 Å². The van der Waals surface area contributed by atoms with E-state index < -0.39 is 0 Å². The Balaban J connectivity index is 1.96. The van der Waals surface area contributed by atoms with Crippen molar-refractivity contribution in [3.05, 3.63) is 23.8 Å². The zero-order valence-corrected chi connectivity index (χ0v) is 12.1. The zero-order chi connectivity index (χ0) is 13.9. The summed E-state index contributed by atoms with van der Waals surface area (Å²) >= 11 is 0. The number of aromatic nitrogens is 2. The van der Waals surface area contributed by atoms with Crippen LogP contribution in [-0.2, 0) is 16.7 Å². The minimum absolute atomic E-state index is 0.00212. The SMILES string of the molecule is CC(C)(C)c1ncc(CN2CCO[C@@H](CN)C2)cn1. The largest absolute Gasteiger partial charge is 0.374 e. The topological polar surface area (TPSA) is 64.3 Å². The van der Waals surface area contributed by atoms with Crippen molar-refractivity contribution in [3.8, 4) is 0 Å². The first-order valence-corrected chi connectivity index (χ1v) is 6.84. The molecule has 0 aliphatic carbocycles. The van der Waals surface area contributed by atoms with E-state index >= 15 is 0 Å². The zero-order valence-electron chi connectivity index (χ0n) is 12.1. The van der Waals surface area contributed by atoms with Crippen LogP contribution in [0.1, 0.15) is 32.2 Å². The van der Waals surface area contributed by atoms with Gasteiger partial charge in [0.15, 0.2) is 0 Å². The molecule has 1 aromatic rings. The molecule has 0 bridgehead atoms. The molecule has 106 valence electrons. The Morgan fingerprint density at radius 1 is 1.37 bits per heavy atom. The number of morpholine rings is 1. The van der Waals surface area contributed by atoms with Gasteiger partial charge in [-0.1, -0.05) is 20.8 Å². The highest BCUT2D eigenvalue weighted by Gasteiger charge is 2.20. The van der Waals surface area contributed by atoms with Crippen molar-refractivity contribution in [3.63, 3.8) is 0 Å². The van der Waals surface area contributed by atoms with Crippen LogP contribution in [0.2, 0.25) is 0 Å². The second-order valence-corrected chi connectivity index (χ2v) is 6.13. The van der Waals surface area contributed by atoms with E-state index in [0.29, 0.717) is 6.54 Å². The third-order valence-corrected chi connectivity index (χ3v) is 3.27. The maximum absolute atomic E-state index is 5.65. The highest BCUT2D eigenvalue weighted by atomic mass is 16.5. The second kappa shape index (κ2) is 5.94. The molecule has 0 spiro atoms. The molecule has 5 heteroatoms. The fourth-order valence-electron chi connectivity index (χ4n) is 2.15. The first kappa shape index (κ1) is 14.4. The van der Waals surface area contributed by atoms with Crippen LogP contribution in [0.3, 0.4) is 0 Å². The molecule has 2 heterocycles. The summed E-state index contributed by atoms with van der Waals surface area (Å²) in [5.41, 5.74) is 6.80. The van der Waals surface area contributed by atoms with Gasteiger partial charge in [0.05, 0.1) is 12.7 Å². The van der Waals surface area contributed by atoms with Crippen LogP contribution >= 0.6 is 0 Å². The molecule has 1 atom stereocenters. The van der Waals surface area contributed by atoms with Crippen molar-refractivity contribution in [1.82, 2.24) is 14.9 Å². The minimum atomic E-state index is 0.00212. The number of nitrogens with zero attached hydrogens (tertiary/aromatic N) is 3. The molecule has 0 amide bonds. The van der Waals surface area contributed by atoms with E-state index in [1.54, 1.807) is 0 Å². The predicted octanol–water partition coefficient (Wildman–Crippen LogP) is 0.934. The number of nitrogens with two attached hydrogens (primary N) is 1. The fraction of sp³-hybridized carbons (Fsp3) is 0.714. The first-order valence-electron chi connectivity index (χ1n) is 6.84.